The number of halogens is 2. The molecule has 2 aromatic rings. The van der Waals surface area contributed by atoms with Crippen molar-refractivity contribution in [2.45, 2.75) is 12.5 Å². The number of hydrogen-bond acceptors (Lipinski definition) is 5. The maximum Gasteiger partial charge on any atom is 0.239 e. The number of ether oxygens (including phenoxy) is 1. The summed E-state index contributed by atoms with van der Waals surface area (Å²) in [4.78, 5) is 21.0. The summed E-state index contributed by atoms with van der Waals surface area (Å²) >= 11 is 0. The molecule has 2 N–H and O–H groups in total. The Morgan fingerprint density at radius 1 is 1.15 bits per heavy atom. The number of anilines is 1. The zero-order valence-electron chi connectivity index (χ0n) is 15.3. The number of piperazine rings is 1. The summed E-state index contributed by atoms with van der Waals surface area (Å²) in [5.74, 6) is 1.68. The average molecular weight is 413 g/mol. The Balaban J connectivity index is 0.00000182. The van der Waals surface area contributed by atoms with Gasteiger partial charge in [0.1, 0.15) is 11.6 Å². The van der Waals surface area contributed by atoms with Gasteiger partial charge in [-0.3, -0.25) is 4.79 Å². The second-order valence-electron chi connectivity index (χ2n) is 6.16. The fraction of sp³-hybridized carbons (Fsp3) is 0.368. The van der Waals surface area contributed by atoms with E-state index < -0.39 is 6.04 Å². The molecule has 1 fully saturated rings. The predicted molar refractivity (Wildman–Crippen MR) is 112 cm³/mol. The molecule has 1 aliphatic heterocycles. The lowest BCUT2D eigenvalue weighted by molar-refractivity contribution is -0.132. The molecule has 6 nitrogen and oxygen atoms in total. The summed E-state index contributed by atoms with van der Waals surface area (Å²) in [6.07, 6.45) is 2.30. The SMILES string of the molecule is COc1ccnc(N2CCN(C(=O)C(N)Cc3ccccc3)CC2)c1.Cl.Cl. The van der Waals surface area contributed by atoms with Crippen LogP contribution in [0.2, 0.25) is 0 Å². The average Bonchev–Trinajstić information content (AvgIpc) is 2.68. The molecule has 0 radical (unpaired) electrons. The second-order valence-corrected chi connectivity index (χ2v) is 6.16. The highest BCUT2D eigenvalue weighted by molar-refractivity contribution is 5.85. The molecule has 1 unspecified atom stereocenters. The van der Waals surface area contributed by atoms with E-state index in [1.165, 1.54) is 0 Å². The number of benzene rings is 1. The molecule has 1 saturated heterocycles. The van der Waals surface area contributed by atoms with Crippen molar-refractivity contribution in [3.8, 4) is 5.75 Å². The number of nitrogens with zero attached hydrogens (tertiary/aromatic N) is 3. The Morgan fingerprint density at radius 2 is 1.81 bits per heavy atom. The molecule has 1 aromatic carbocycles. The van der Waals surface area contributed by atoms with Gasteiger partial charge in [-0.15, -0.1) is 24.8 Å². The summed E-state index contributed by atoms with van der Waals surface area (Å²) in [5, 5.41) is 0. The lowest BCUT2D eigenvalue weighted by Crippen LogP contribution is -2.53. The number of carbonyl (C=O) groups is 1. The fourth-order valence-electron chi connectivity index (χ4n) is 3.05. The smallest absolute Gasteiger partial charge is 0.239 e. The monoisotopic (exact) mass is 412 g/mol. The molecule has 1 atom stereocenters. The molecular formula is C19H26Cl2N4O2. The van der Waals surface area contributed by atoms with Gasteiger partial charge >= 0.3 is 0 Å². The number of aromatic nitrogens is 1. The minimum atomic E-state index is -0.496. The van der Waals surface area contributed by atoms with Crippen molar-refractivity contribution in [2.24, 2.45) is 5.73 Å². The van der Waals surface area contributed by atoms with E-state index in [2.05, 4.69) is 9.88 Å². The van der Waals surface area contributed by atoms with Crippen LogP contribution in [0.4, 0.5) is 5.82 Å². The molecule has 0 spiro atoms. The van der Waals surface area contributed by atoms with Gasteiger partial charge in [0, 0.05) is 38.4 Å². The number of nitrogens with two attached hydrogens (primary N) is 1. The zero-order valence-corrected chi connectivity index (χ0v) is 16.9. The van der Waals surface area contributed by atoms with Gasteiger partial charge in [-0.2, -0.15) is 0 Å². The first-order valence-electron chi connectivity index (χ1n) is 8.50. The number of amides is 1. The first-order valence-corrected chi connectivity index (χ1v) is 8.50. The van der Waals surface area contributed by atoms with Crippen molar-refractivity contribution in [1.29, 1.82) is 0 Å². The molecule has 3 rings (SSSR count). The minimum Gasteiger partial charge on any atom is -0.497 e. The van der Waals surface area contributed by atoms with E-state index in [-0.39, 0.29) is 30.7 Å². The Morgan fingerprint density at radius 3 is 2.44 bits per heavy atom. The van der Waals surface area contributed by atoms with Crippen molar-refractivity contribution < 1.29 is 9.53 Å². The van der Waals surface area contributed by atoms with Gasteiger partial charge < -0.3 is 20.3 Å². The lowest BCUT2D eigenvalue weighted by atomic mass is 10.1. The van der Waals surface area contributed by atoms with Crippen LogP contribution in [-0.4, -0.2) is 55.1 Å². The van der Waals surface area contributed by atoms with Crippen molar-refractivity contribution in [1.82, 2.24) is 9.88 Å². The van der Waals surface area contributed by atoms with Gasteiger partial charge in [0.15, 0.2) is 0 Å². The van der Waals surface area contributed by atoms with Crippen molar-refractivity contribution in [3.05, 3.63) is 54.2 Å². The number of carbonyl (C=O) groups excluding carboxylic acids is 1. The Labute approximate surface area is 172 Å². The van der Waals surface area contributed by atoms with Gasteiger partial charge in [-0.05, 0) is 18.1 Å². The van der Waals surface area contributed by atoms with Crippen LogP contribution in [0.15, 0.2) is 48.7 Å². The van der Waals surface area contributed by atoms with Crippen LogP contribution in [-0.2, 0) is 11.2 Å². The van der Waals surface area contributed by atoms with E-state index in [9.17, 15) is 4.79 Å². The number of methoxy groups -OCH3 is 1. The largest absolute Gasteiger partial charge is 0.497 e. The lowest BCUT2D eigenvalue weighted by Gasteiger charge is -2.36. The summed E-state index contributed by atoms with van der Waals surface area (Å²) in [5.41, 5.74) is 7.22. The Bertz CT molecular complexity index is 710. The number of rotatable bonds is 5. The molecule has 1 aliphatic rings. The van der Waals surface area contributed by atoms with Crippen LogP contribution in [0.3, 0.4) is 0 Å². The second kappa shape index (κ2) is 11.0. The van der Waals surface area contributed by atoms with Crippen LogP contribution in [0.25, 0.3) is 0 Å². The molecule has 148 valence electrons. The summed E-state index contributed by atoms with van der Waals surface area (Å²) in [6.45, 7) is 2.79. The Hall–Kier alpha value is -2.02. The molecule has 0 aliphatic carbocycles. The van der Waals surface area contributed by atoms with E-state index in [1.54, 1.807) is 13.3 Å². The van der Waals surface area contributed by atoms with Crippen LogP contribution in [0, 0.1) is 0 Å². The molecule has 27 heavy (non-hydrogen) atoms. The third-order valence-electron chi connectivity index (χ3n) is 4.48. The van der Waals surface area contributed by atoms with Crippen LogP contribution in [0.5, 0.6) is 5.75 Å². The van der Waals surface area contributed by atoms with E-state index >= 15 is 0 Å². The first kappa shape index (κ1) is 23.0. The molecule has 8 heteroatoms. The predicted octanol–water partition coefficient (Wildman–Crippen LogP) is 2.15. The molecule has 0 saturated carbocycles. The highest BCUT2D eigenvalue weighted by Gasteiger charge is 2.26. The minimum absolute atomic E-state index is 0. The molecule has 0 bridgehead atoms. The van der Waals surface area contributed by atoms with E-state index in [0.29, 0.717) is 19.5 Å². The molecule has 1 amide bonds. The topological polar surface area (TPSA) is 71.7 Å². The van der Waals surface area contributed by atoms with E-state index in [1.807, 2.05) is 47.4 Å². The number of hydrogen-bond donors (Lipinski definition) is 1. The summed E-state index contributed by atoms with van der Waals surface area (Å²) < 4.78 is 5.25. The summed E-state index contributed by atoms with van der Waals surface area (Å²) in [7, 11) is 1.64. The number of pyridine rings is 1. The van der Waals surface area contributed by atoms with Gasteiger partial charge in [0.25, 0.3) is 0 Å². The van der Waals surface area contributed by atoms with Crippen molar-refractivity contribution in [2.75, 3.05) is 38.2 Å². The van der Waals surface area contributed by atoms with Crippen LogP contribution in [0.1, 0.15) is 5.56 Å². The maximum absolute atomic E-state index is 12.6. The molecule has 1 aromatic heterocycles. The fourth-order valence-corrected chi connectivity index (χ4v) is 3.05. The quantitative estimate of drug-likeness (QED) is 0.814. The van der Waals surface area contributed by atoms with Crippen LogP contribution < -0.4 is 15.4 Å². The van der Waals surface area contributed by atoms with E-state index in [0.717, 1.165) is 30.2 Å². The molecular weight excluding hydrogens is 387 g/mol. The van der Waals surface area contributed by atoms with E-state index in [4.69, 9.17) is 10.5 Å². The van der Waals surface area contributed by atoms with Crippen LogP contribution >= 0.6 is 24.8 Å². The third-order valence-corrected chi connectivity index (χ3v) is 4.48. The van der Waals surface area contributed by atoms with Gasteiger partial charge in [-0.25, -0.2) is 4.98 Å². The van der Waals surface area contributed by atoms with Gasteiger partial charge in [-0.1, -0.05) is 30.3 Å². The van der Waals surface area contributed by atoms with Crippen molar-refractivity contribution in [3.63, 3.8) is 0 Å². The summed E-state index contributed by atoms with van der Waals surface area (Å²) in [6, 6.07) is 13.1. The Kier molecular flexibility index (Phi) is 9.35. The van der Waals surface area contributed by atoms with Gasteiger partial charge in [0.05, 0.1) is 13.2 Å². The standard InChI is InChI=1S/C19H24N4O2.2ClH/c1-25-16-7-8-21-18(14-16)22-9-11-23(12-10-22)19(24)17(20)13-15-5-3-2-4-6-15;;/h2-8,14,17H,9-13,20H2,1H3;2*1H. The molecule has 2 heterocycles. The zero-order chi connectivity index (χ0) is 17.6. The van der Waals surface area contributed by atoms with Gasteiger partial charge in [0.2, 0.25) is 5.91 Å². The normalized spacial score (nSPS) is 14.6. The maximum atomic E-state index is 12.6. The first-order chi connectivity index (χ1) is 12.2. The highest BCUT2D eigenvalue weighted by atomic mass is 35.5. The highest BCUT2D eigenvalue weighted by Crippen LogP contribution is 2.19. The van der Waals surface area contributed by atoms with Crippen molar-refractivity contribution >= 4 is 36.5 Å². The third kappa shape index (κ3) is 5.99.